The highest BCUT2D eigenvalue weighted by Crippen LogP contribution is 2.16. The summed E-state index contributed by atoms with van der Waals surface area (Å²) >= 11 is 0. The van der Waals surface area contributed by atoms with E-state index in [0.717, 1.165) is 23.5 Å². The number of aromatic nitrogens is 1. The number of carbonyl (C=O) groups is 1. The number of rotatable bonds is 4. The number of pyridine rings is 1. The molecule has 4 nitrogen and oxygen atoms in total. The van der Waals surface area contributed by atoms with Gasteiger partial charge in [-0.1, -0.05) is 12.1 Å². The topological polar surface area (TPSA) is 54.0 Å². The normalized spacial score (nSPS) is 10.0. The second-order valence-electron chi connectivity index (χ2n) is 4.28. The van der Waals surface area contributed by atoms with Crippen LogP contribution in [0.25, 0.3) is 0 Å². The lowest BCUT2D eigenvalue weighted by molar-refractivity contribution is 0.102. The van der Waals surface area contributed by atoms with Crippen molar-refractivity contribution in [3.05, 3.63) is 53.9 Å². The Labute approximate surface area is 112 Å². The van der Waals surface area contributed by atoms with E-state index >= 15 is 0 Å². The number of amides is 1. The van der Waals surface area contributed by atoms with Crippen LogP contribution in [0.2, 0.25) is 0 Å². The maximum Gasteiger partial charge on any atom is 0.257 e. The van der Waals surface area contributed by atoms with Crippen molar-refractivity contribution in [2.24, 2.45) is 0 Å². The van der Waals surface area contributed by atoms with Crippen LogP contribution in [0.1, 0.15) is 22.8 Å². The molecule has 19 heavy (non-hydrogen) atoms. The average Bonchev–Trinajstić information content (AvgIpc) is 2.39. The van der Waals surface area contributed by atoms with Crippen molar-refractivity contribution >= 4 is 17.3 Å². The zero-order valence-corrected chi connectivity index (χ0v) is 11.1. The highest BCUT2D eigenvalue weighted by Gasteiger charge is 2.11. The molecule has 1 aromatic heterocycles. The van der Waals surface area contributed by atoms with Crippen molar-refractivity contribution in [3.8, 4) is 0 Å². The Morgan fingerprint density at radius 3 is 2.89 bits per heavy atom. The van der Waals surface area contributed by atoms with Gasteiger partial charge in [0.15, 0.2) is 0 Å². The van der Waals surface area contributed by atoms with Gasteiger partial charge in [-0.15, -0.1) is 0 Å². The van der Waals surface area contributed by atoms with Crippen LogP contribution in [0, 0.1) is 6.92 Å². The fraction of sp³-hybridized carbons (Fsp3) is 0.200. The van der Waals surface area contributed by atoms with Gasteiger partial charge >= 0.3 is 0 Å². The van der Waals surface area contributed by atoms with Crippen molar-refractivity contribution in [1.82, 2.24) is 4.98 Å². The third-order valence-electron chi connectivity index (χ3n) is 2.71. The zero-order valence-electron chi connectivity index (χ0n) is 11.1. The molecule has 0 spiro atoms. The van der Waals surface area contributed by atoms with Gasteiger partial charge in [-0.05, 0) is 37.6 Å². The molecule has 1 heterocycles. The van der Waals surface area contributed by atoms with E-state index in [-0.39, 0.29) is 5.91 Å². The Bertz CT molecular complexity index is 581. The quantitative estimate of drug-likeness (QED) is 0.882. The van der Waals surface area contributed by atoms with Crippen molar-refractivity contribution in [2.45, 2.75) is 13.8 Å². The standard InChI is InChI=1S/C15H17N3O/c1-3-17-14-10-16-8-7-13(14)15(19)18-12-6-4-5-11(2)9-12/h4-10,17H,3H2,1-2H3,(H,18,19). The molecule has 1 aromatic carbocycles. The third-order valence-corrected chi connectivity index (χ3v) is 2.71. The van der Waals surface area contributed by atoms with Crippen LogP contribution in [0.4, 0.5) is 11.4 Å². The fourth-order valence-corrected chi connectivity index (χ4v) is 1.85. The average molecular weight is 255 g/mol. The minimum Gasteiger partial charge on any atom is -0.383 e. The maximum absolute atomic E-state index is 12.2. The van der Waals surface area contributed by atoms with Crippen LogP contribution >= 0.6 is 0 Å². The highest BCUT2D eigenvalue weighted by atomic mass is 16.1. The second-order valence-corrected chi connectivity index (χ2v) is 4.28. The van der Waals surface area contributed by atoms with Crippen molar-refractivity contribution in [1.29, 1.82) is 0 Å². The number of nitrogens with one attached hydrogen (secondary N) is 2. The predicted octanol–water partition coefficient (Wildman–Crippen LogP) is 3.07. The Kier molecular flexibility index (Phi) is 4.13. The summed E-state index contributed by atoms with van der Waals surface area (Å²) in [6.07, 6.45) is 3.28. The summed E-state index contributed by atoms with van der Waals surface area (Å²) < 4.78 is 0. The van der Waals surface area contributed by atoms with E-state index in [1.54, 1.807) is 18.5 Å². The molecule has 0 atom stereocenters. The molecule has 2 rings (SSSR count). The molecule has 4 heteroatoms. The van der Waals surface area contributed by atoms with Gasteiger partial charge in [0.1, 0.15) is 0 Å². The van der Waals surface area contributed by atoms with Crippen LogP contribution in [0.5, 0.6) is 0 Å². The van der Waals surface area contributed by atoms with Crippen LogP contribution in [-0.2, 0) is 0 Å². The number of carbonyl (C=O) groups excluding carboxylic acids is 1. The summed E-state index contributed by atoms with van der Waals surface area (Å²) in [5, 5.41) is 6.02. The maximum atomic E-state index is 12.2. The van der Waals surface area contributed by atoms with Gasteiger partial charge in [-0.3, -0.25) is 9.78 Å². The molecular weight excluding hydrogens is 238 g/mol. The number of nitrogens with zero attached hydrogens (tertiary/aromatic N) is 1. The van der Waals surface area contributed by atoms with Gasteiger partial charge in [0.2, 0.25) is 0 Å². The van der Waals surface area contributed by atoms with Gasteiger partial charge in [0, 0.05) is 18.4 Å². The third kappa shape index (κ3) is 3.31. The highest BCUT2D eigenvalue weighted by molar-refractivity contribution is 6.07. The minimum atomic E-state index is -0.135. The van der Waals surface area contributed by atoms with E-state index in [1.807, 2.05) is 38.1 Å². The molecule has 2 N–H and O–H groups in total. The molecule has 0 aliphatic carbocycles. The van der Waals surface area contributed by atoms with Crippen molar-refractivity contribution in [2.75, 3.05) is 17.2 Å². The van der Waals surface area contributed by atoms with Gasteiger partial charge in [-0.2, -0.15) is 0 Å². The smallest absolute Gasteiger partial charge is 0.257 e. The molecule has 0 unspecified atom stereocenters. The van der Waals surface area contributed by atoms with E-state index in [9.17, 15) is 4.79 Å². The molecule has 0 aliphatic rings. The molecular formula is C15H17N3O. The fourth-order valence-electron chi connectivity index (χ4n) is 1.85. The molecule has 0 radical (unpaired) electrons. The Morgan fingerprint density at radius 1 is 1.32 bits per heavy atom. The Balaban J connectivity index is 2.20. The minimum absolute atomic E-state index is 0.135. The SMILES string of the molecule is CCNc1cnccc1C(=O)Nc1cccc(C)c1. The van der Waals surface area contributed by atoms with E-state index in [0.29, 0.717) is 5.56 Å². The summed E-state index contributed by atoms with van der Waals surface area (Å²) in [7, 11) is 0. The Morgan fingerprint density at radius 2 is 2.16 bits per heavy atom. The summed E-state index contributed by atoms with van der Waals surface area (Å²) in [4.78, 5) is 16.3. The van der Waals surface area contributed by atoms with Crippen LogP contribution < -0.4 is 10.6 Å². The van der Waals surface area contributed by atoms with E-state index in [2.05, 4.69) is 15.6 Å². The van der Waals surface area contributed by atoms with Crippen LogP contribution in [0.15, 0.2) is 42.7 Å². The predicted molar refractivity (Wildman–Crippen MR) is 77.5 cm³/mol. The van der Waals surface area contributed by atoms with E-state index in [1.165, 1.54) is 0 Å². The number of hydrogen-bond acceptors (Lipinski definition) is 3. The van der Waals surface area contributed by atoms with E-state index < -0.39 is 0 Å². The van der Waals surface area contributed by atoms with Crippen LogP contribution in [-0.4, -0.2) is 17.4 Å². The van der Waals surface area contributed by atoms with Gasteiger partial charge in [-0.25, -0.2) is 0 Å². The molecule has 0 fully saturated rings. The summed E-state index contributed by atoms with van der Waals surface area (Å²) in [6.45, 7) is 4.72. The lowest BCUT2D eigenvalue weighted by atomic mass is 10.2. The Hall–Kier alpha value is -2.36. The van der Waals surface area contributed by atoms with Crippen molar-refractivity contribution in [3.63, 3.8) is 0 Å². The first-order chi connectivity index (χ1) is 9.20. The van der Waals surface area contributed by atoms with E-state index in [4.69, 9.17) is 0 Å². The summed E-state index contributed by atoms with van der Waals surface area (Å²) in [5.74, 6) is -0.135. The molecule has 98 valence electrons. The number of aryl methyl sites for hydroxylation is 1. The zero-order chi connectivity index (χ0) is 13.7. The van der Waals surface area contributed by atoms with Gasteiger partial charge in [0.05, 0.1) is 17.4 Å². The molecule has 2 aromatic rings. The summed E-state index contributed by atoms with van der Waals surface area (Å²) in [5.41, 5.74) is 3.25. The monoisotopic (exact) mass is 255 g/mol. The molecule has 0 saturated carbocycles. The summed E-state index contributed by atoms with van der Waals surface area (Å²) in [6, 6.07) is 9.43. The van der Waals surface area contributed by atoms with Crippen LogP contribution in [0.3, 0.4) is 0 Å². The van der Waals surface area contributed by atoms with Crippen molar-refractivity contribution < 1.29 is 4.79 Å². The van der Waals surface area contributed by atoms with Gasteiger partial charge < -0.3 is 10.6 Å². The first kappa shape index (κ1) is 13.1. The lowest BCUT2D eigenvalue weighted by Gasteiger charge is -2.10. The molecule has 0 saturated heterocycles. The number of anilines is 2. The second kappa shape index (κ2) is 6.00. The molecule has 0 aliphatic heterocycles. The molecule has 0 bridgehead atoms. The lowest BCUT2D eigenvalue weighted by Crippen LogP contribution is -2.15. The molecule has 1 amide bonds. The first-order valence-corrected chi connectivity index (χ1v) is 6.26. The number of hydrogen-bond donors (Lipinski definition) is 2. The largest absolute Gasteiger partial charge is 0.383 e. The number of benzene rings is 1. The van der Waals surface area contributed by atoms with Gasteiger partial charge in [0.25, 0.3) is 5.91 Å². The first-order valence-electron chi connectivity index (χ1n) is 6.26.